The summed E-state index contributed by atoms with van der Waals surface area (Å²) in [5.41, 5.74) is 11.8. The number of carbonyl (C=O) groups excluding carboxylic acids is 1. The van der Waals surface area contributed by atoms with E-state index in [4.69, 9.17) is 15.5 Å². The van der Waals surface area contributed by atoms with Gasteiger partial charge < -0.3 is 26.0 Å². The fourth-order valence-electron chi connectivity index (χ4n) is 4.19. The van der Waals surface area contributed by atoms with Crippen molar-refractivity contribution < 1.29 is 9.53 Å². The van der Waals surface area contributed by atoms with Crippen LogP contribution >= 0.6 is 0 Å². The molecular formula is C30H37N7O2. The molecule has 9 heteroatoms. The largest absolute Gasteiger partial charge is 0.382 e. The normalized spacial score (nSPS) is 14.2. The molecule has 0 spiro atoms. The first-order valence-electron chi connectivity index (χ1n) is 13.1. The maximum Gasteiger partial charge on any atom is 0.251 e. The first-order chi connectivity index (χ1) is 18.7. The number of nitrogens with two attached hydrogens (primary N) is 1. The van der Waals surface area contributed by atoms with Gasteiger partial charge in [0.2, 0.25) is 5.95 Å². The van der Waals surface area contributed by atoms with E-state index in [1.54, 1.807) is 18.3 Å². The number of amidine groups is 1. The van der Waals surface area contributed by atoms with Gasteiger partial charge in [0, 0.05) is 25.2 Å². The lowest BCUT2D eigenvalue weighted by molar-refractivity contribution is 0.0951. The number of aryl methyl sites for hydroxylation is 1. The maximum atomic E-state index is 13.0. The topological polar surface area (TPSA) is 118 Å². The molecule has 0 aliphatic carbocycles. The second-order valence-corrected chi connectivity index (χ2v) is 10.5. The highest BCUT2D eigenvalue weighted by Crippen LogP contribution is 2.25. The second kappa shape index (κ2) is 12.1. The molecule has 1 aliphatic rings. The van der Waals surface area contributed by atoms with Crippen molar-refractivity contribution in [3.63, 3.8) is 0 Å². The molecule has 4 rings (SSSR count). The lowest BCUT2D eigenvalue weighted by Gasteiger charge is -2.27. The lowest BCUT2D eigenvalue weighted by atomic mass is 9.86. The van der Waals surface area contributed by atoms with Crippen molar-refractivity contribution in [1.29, 1.82) is 0 Å². The minimum atomic E-state index is -0.183. The Balaban J connectivity index is 1.56. The van der Waals surface area contributed by atoms with Gasteiger partial charge in [0.15, 0.2) is 5.84 Å². The number of carbonyl (C=O) groups is 1. The van der Waals surface area contributed by atoms with E-state index in [1.165, 1.54) is 11.8 Å². The number of aliphatic imine (C=N–C) groups is 1. The first kappa shape index (κ1) is 27.8. The fourth-order valence-corrected chi connectivity index (χ4v) is 4.19. The van der Waals surface area contributed by atoms with Gasteiger partial charge in [-0.05, 0) is 47.4 Å². The van der Waals surface area contributed by atoms with E-state index in [0.717, 1.165) is 11.1 Å². The van der Waals surface area contributed by atoms with Gasteiger partial charge >= 0.3 is 0 Å². The molecule has 1 aliphatic heterocycles. The summed E-state index contributed by atoms with van der Waals surface area (Å²) >= 11 is 0. The number of hydrogen-bond donors (Lipinski definition) is 3. The molecular weight excluding hydrogens is 490 g/mol. The van der Waals surface area contributed by atoms with Crippen molar-refractivity contribution in [1.82, 2.24) is 15.3 Å². The Kier molecular flexibility index (Phi) is 8.61. The molecule has 4 N–H and O–H groups in total. The molecule has 1 aromatic heterocycles. The highest BCUT2D eigenvalue weighted by Gasteiger charge is 2.18. The standard InChI is InChI=1S/C30H37N7O2/c1-6-32-25-19-34-29(37-12-14-39-15-13-37)36-26(25)27(31)35-24-17-22(11-10-20(24)2)28(38)33-18-21-8-7-9-23(16-21)30(3,4)5/h6-11,16-17,19,32H,1,12-15,18H2,2-5H3,(H2,31,35)(H,33,38). The number of morpholine rings is 1. The molecule has 0 radical (unpaired) electrons. The zero-order valence-corrected chi connectivity index (χ0v) is 23.1. The van der Waals surface area contributed by atoms with E-state index in [9.17, 15) is 4.79 Å². The summed E-state index contributed by atoms with van der Waals surface area (Å²) in [4.78, 5) is 28.9. The smallest absolute Gasteiger partial charge is 0.251 e. The Hall–Kier alpha value is -4.24. The molecule has 2 aromatic carbocycles. The average molecular weight is 528 g/mol. The van der Waals surface area contributed by atoms with Crippen LogP contribution in [0.15, 0.2) is 66.4 Å². The van der Waals surface area contributed by atoms with Gasteiger partial charge in [-0.2, -0.15) is 0 Å². The number of nitrogens with one attached hydrogen (secondary N) is 2. The van der Waals surface area contributed by atoms with E-state index >= 15 is 0 Å². The number of ether oxygens (including phenoxy) is 1. The molecule has 2 heterocycles. The third-order valence-electron chi connectivity index (χ3n) is 6.53. The SMILES string of the molecule is C=CNc1cnc(N2CCOCC2)nc1C(N)=Nc1cc(C(=O)NCc2cccc(C(C)(C)C)c2)ccc1C. The minimum absolute atomic E-state index is 0.0392. The van der Waals surface area contributed by atoms with Crippen LogP contribution in [0.4, 0.5) is 17.3 Å². The highest BCUT2D eigenvalue weighted by molar-refractivity contribution is 6.03. The summed E-state index contributed by atoms with van der Waals surface area (Å²) in [6.07, 6.45) is 3.21. The van der Waals surface area contributed by atoms with Crippen molar-refractivity contribution in [2.24, 2.45) is 10.7 Å². The molecule has 0 unspecified atom stereocenters. The van der Waals surface area contributed by atoms with Crippen molar-refractivity contribution in [3.05, 3.63) is 89.4 Å². The monoisotopic (exact) mass is 527 g/mol. The second-order valence-electron chi connectivity index (χ2n) is 10.5. The Morgan fingerprint density at radius 1 is 1.21 bits per heavy atom. The number of anilines is 2. The molecule has 1 amide bonds. The van der Waals surface area contributed by atoms with Gasteiger partial charge in [-0.25, -0.2) is 15.0 Å². The summed E-state index contributed by atoms with van der Waals surface area (Å²) < 4.78 is 5.44. The highest BCUT2D eigenvalue weighted by atomic mass is 16.5. The number of amides is 1. The van der Waals surface area contributed by atoms with Crippen molar-refractivity contribution >= 4 is 29.1 Å². The molecule has 0 saturated carbocycles. The van der Waals surface area contributed by atoms with Crippen molar-refractivity contribution in [2.75, 3.05) is 36.5 Å². The van der Waals surface area contributed by atoms with E-state index < -0.39 is 0 Å². The van der Waals surface area contributed by atoms with Crippen molar-refractivity contribution in [2.45, 2.75) is 39.7 Å². The van der Waals surface area contributed by atoms with E-state index in [2.05, 4.69) is 60.1 Å². The molecule has 9 nitrogen and oxygen atoms in total. The third-order valence-corrected chi connectivity index (χ3v) is 6.53. The number of nitrogens with zero attached hydrogens (tertiary/aromatic N) is 4. The van der Waals surface area contributed by atoms with Crippen LogP contribution in [0.1, 0.15) is 53.5 Å². The van der Waals surface area contributed by atoms with Crippen LogP contribution in [0.5, 0.6) is 0 Å². The van der Waals surface area contributed by atoms with Crippen LogP contribution in [0.3, 0.4) is 0 Å². The van der Waals surface area contributed by atoms with Crippen LogP contribution in [0.2, 0.25) is 0 Å². The molecule has 204 valence electrons. The predicted molar refractivity (Wildman–Crippen MR) is 157 cm³/mol. The molecule has 1 fully saturated rings. The van der Waals surface area contributed by atoms with Gasteiger partial charge in [0.05, 0.1) is 30.8 Å². The van der Waals surface area contributed by atoms with Gasteiger partial charge in [-0.3, -0.25) is 4.79 Å². The number of rotatable bonds is 8. The maximum absolute atomic E-state index is 13.0. The van der Waals surface area contributed by atoms with E-state index in [-0.39, 0.29) is 17.2 Å². The lowest BCUT2D eigenvalue weighted by Crippen LogP contribution is -2.37. The van der Waals surface area contributed by atoms with E-state index in [0.29, 0.717) is 61.4 Å². The van der Waals surface area contributed by atoms with Gasteiger partial charge in [0.1, 0.15) is 5.69 Å². The van der Waals surface area contributed by atoms with Crippen molar-refractivity contribution in [3.8, 4) is 0 Å². The number of hydrogen-bond acceptors (Lipinski definition) is 7. The quantitative estimate of drug-likeness (QED) is 0.293. The van der Waals surface area contributed by atoms with Crippen LogP contribution in [-0.2, 0) is 16.7 Å². The van der Waals surface area contributed by atoms with Gasteiger partial charge in [-0.15, -0.1) is 0 Å². The zero-order valence-electron chi connectivity index (χ0n) is 23.1. The molecule has 0 bridgehead atoms. The third kappa shape index (κ3) is 7.00. The fraction of sp³-hybridized carbons (Fsp3) is 0.333. The Morgan fingerprint density at radius 2 is 1.97 bits per heavy atom. The van der Waals surface area contributed by atoms with Gasteiger partial charge in [-0.1, -0.05) is 57.7 Å². The summed E-state index contributed by atoms with van der Waals surface area (Å²) in [5, 5.41) is 6.05. The number of benzene rings is 2. The number of aromatic nitrogens is 2. The Bertz CT molecular complexity index is 1370. The first-order valence-corrected chi connectivity index (χ1v) is 13.1. The van der Waals surface area contributed by atoms with E-state index in [1.807, 2.05) is 30.0 Å². The van der Waals surface area contributed by atoms with Crippen LogP contribution < -0.4 is 21.3 Å². The summed E-state index contributed by atoms with van der Waals surface area (Å²) in [6, 6.07) is 13.7. The summed E-state index contributed by atoms with van der Waals surface area (Å²) in [5.74, 6) is 0.578. The molecule has 3 aromatic rings. The van der Waals surface area contributed by atoms with Crippen LogP contribution in [0.25, 0.3) is 0 Å². The van der Waals surface area contributed by atoms with Gasteiger partial charge in [0.25, 0.3) is 5.91 Å². The average Bonchev–Trinajstić information content (AvgIpc) is 2.93. The summed E-state index contributed by atoms with van der Waals surface area (Å²) in [6.45, 7) is 15.2. The Labute approximate surface area is 230 Å². The Morgan fingerprint density at radius 3 is 2.69 bits per heavy atom. The summed E-state index contributed by atoms with van der Waals surface area (Å²) in [7, 11) is 0. The predicted octanol–water partition coefficient (Wildman–Crippen LogP) is 4.44. The molecule has 0 atom stereocenters. The molecule has 1 saturated heterocycles. The molecule has 39 heavy (non-hydrogen) atoms. The zero-order chi connectivity index (χ0) is 28.0. The minimum Gasteiger partial charge on any atom is -0.382 e. The van der Waals surface area contributed by atoms with Crippen LogP contribution in [0, 0.1) is 6.92 Å². The van der Waals surface area contributed by atoms with Crippen LogP contribution in [-0.4, -0.2) is 48.0 Å².